The summed E-state index contributed by atoms with van der Waals surface area (Å²) < 4.78 is 12.7. The molecule has 0 aliphatic carbocycles. The van der Waals surface area contributed by atoms with Gasteiger partial charge in [0.05, 0.1) is 0 Å². The zero-order valence-corrected chi connectivity index (χ0v) is 16.2. The Morgan fingerprint density at radius 2 is 1.52 bits per heavy atom. The summed E-state index contributed by atoms with van der Waals surface area (Å²) in [4.78, 5) is 56.6. The highest BCUT2D eigenvalue weighted by Crippen LogP contribution is 2.03. The quantitative estimate of drug-likeness (QED) is 0.217. The first-order chi connectivity index (χ1) is 14.6. The second-order valence-corrected chi connectivity index (χ2v) is 6.32. The van der Waals surface area contributed by atoms with Crippen molar-refractivity contribution in [1.82, 2.24) is 26.1 Å². The SMILES string of the molecule is O=C(O)CC[C@H](NC(=O)N[C@@H](CCCCNC(=O)c1ccc(F)nn1)C(=O)O)C(=O)O. The fraction of sp³-hybridized carbons (Fsp3) is 0.471. The van der Waals surface area contributed by atoms with E-state index in [1.165, 1.54) is 0 Å². The van der Waals surface area contributed by atoms with E-state index in [4.69, 9.17) is 10.2 Å². The number of aliphatic carboxylic acids is 3. The predicted molar refractivity (Wildman–Crippen MR) is 99.6 cm³/mol. The summed E-state index contributed by atoms with van der Waals surface area (Å²) in [5.41, 5.74) is -0.0842. The number of urea groups is 1. The van der Waals surface area contributed by atoms with Crippen LogP contribution in [0.4, 0.5) is 9.18 Å². The summed E-state index contributed by atoms with van der Waals surface area (Å²) in [5.74, 6) is -5.45. The number of nitrogens with zero attached hydrogens (tertiary/aromatic N) is 2. The van der Waals surface area contributed by atoms with Crippen LogP contribution in [-0.4, -0.2) is 74.0 Å². The highest BCUT2D eigenvalue weighted by atomic mass is 19.1. The van der Waals surface area contributed by atoms with Gasteiger partial charge in [-0.05, 0) is 37.8 Å². The Balaban J connectivity index is 2.41. The summed E-state index contributed by atoms with van der Waals surface area (Å²) in [6.45, 7) is 0.159. The van der Waals surface area contributed by atoms with Gasteiger partial charge < -0.3 is 31.3 Å². The van der Waals surface area contributed by atoms with Gasteiger partial charge >= 0.3 is 23.9 Å². The molecule has 0 fully saturated rings. The van der Waals surface area contributed by atoms with Crippen LogP contribution in [0.25, 0.3) is 0 Å². The van der Waals surface area contributed by atoms with Crippen molar-refractivity contribution >= 4 is 29.8 Å². The lowest BCUT2D eigenvalue weighted by atomic mass is 10.1. The maximum absolute atomic E-state index is 12.7. The maximum Gasteiger partial charge on any atom is 0.326 e. The Kier molecular flexibility index (Phi) is 10.3. The fourth-order valence-corrected chi connectivity index (χ4v) is 2.34. The number of unbranched alkanes of at least 4 members (excludes halogenated alkanes) is 1. The number of carboxylic acid groups (broad SMARTS) is 3. The zero-order chi connectivity index (χ0) is 23.4. The third kappa shape index (κ3) is 9.96. The van der Waals surface area contributed by atoms with Crippen molar-refractivity contribution in [1.29, 1.82) is 0 Å². The monoisotopic (exact) mass is 443 g/mol. The minimum atomic E-state index is -1.49. The molecule has 2 atom stereocenters. The maximum atomic E-state index is 12.7. The first kappa shape index (κ1) is 25.2. The molecule has 0 aliphatic heterocycles. The Hall–Kier alpha value is -3.84. The molecular weight excluding hydrogens is 421 g/mol. The van der Waals surface area contributed by atoms with Crippen LogP contribution in [0.3, 0.4) is 0 Å². The molecule has 0 saturated heterocycles. The van der Waals surface area contributed by atoms with E-state index in [1.807, 2.05) is 5.32 Å². The molecule has 1 rings (SSSR count). The first-order valence-electron chi connectivity index (χ1n) is 9.12. The van der Waals surface area contributed by atoms with Gasteiger partial charge in [-0.25, -0.2) is 14.4 Å². The third-order valence-corrected chi connectivity index (χ3v) is 3.92. The molecule has 0 radical (unpaired) electrons. The van der Waals surface area contributed by atoms with Gasteiger partial charge in [-0.3, -0.25) is 9.59 Å². The minimum Gasteiger partial charge on any atom is -0.481 e. The van der Waals surface area contributed by atoms with Crippen LogP contribution in [0, 0.1) is 5.95 Å². The topological polar surface area (TPSA) is 208 Å². The summed E-state index contributed by atoms with van der Waals surface area (Å²) in [5, 5.41) is 39.9. The number of carbonyl (C=O) groups excluding carboxylic acids is 2. The first-order valence-corrected chi connectivity index (χ1v) is 9.12. The average Bonchev–Trinajstić information content (AvgIpc) is 2.69. The average molecular weight is 443 g/mol. The predicted octanol–water partition coefficient (Wildman–Crippen LogP) is -0.414. The van der Waals surface area contributed by atoms with Crippen molar-refractivity contribution in [3.8, 4) is 0 Å². The van der Waals surface area contributed by atoms with Crippen molar-refractivity contribution in [2.45, 2.75) is 44.2 Å². The molecule has 0 bridgehead atoms. The summed E-state index contributed by atoms with van der Waals surface area (Å²) in [6.07, 6.45) is -0.234. The zero-order valence-electron chi connectivity index (χ0n) is 16.2. The van der Waals surface area contributed by atoms with Gasteiger partial charge in [0.25, 0.3) is 5.91 Å². The second-order valence-electron chi connectivity index (χ2n) is 6.32. The Labute approximate surface area is 175 Å². The smallest absolute Gasteiger partial charge is 0.326 e. The van der Waals surface area contributed by atoms with E-state index in [0.29, 0.717) is 6.42 Å². The number of hydrogen-bond acceptors (Lipinski definition) is 7. The molecule has 1 heterocycles. The van der Waals surface area contributed by atoms with Gasteiger partial charge in [-0.15, -0.1) is 10.2 Å². The molecule has 14 heteroatoms. The number of rotatable bonds is 13. The van der Waals surface area contributed by atoms with Gasteiger partial charge in [0.2, 0.25) is 5.95 Å². The van der Waals surface area contributed by atoms with Gasteiger partial charge in [-0.2, -0.15) is 4.39 Å². The van der Waals surface area contributed by atoms with E-state index < -0.39 is 54.3 Å². The van der Waals surface area contributed by atoms with Crippen molar-refractivity contribution in [3.63, 3.8) is 0 Å². The van der Waals surface area contributed by atoms with Gasteiger partial charge in [0.1, 0.15) is 12.1 Å². The van der Waals surface area contributed by atoms with E-state index in [-0.39, 0.29) is 31.5 Å². The van der Waals surface area contributed by atoms with Gasteiger partial charge in [0, 0.05) is 13.0 Å². The van der Waals surface area contributed by atoms with Crippen molar-refractivity contribution in [2.75, 3.05) is 6.54 Å². The molecule has 0 unspecified atom stereocenters. The van der Waals surface area contributed by atoms with E-state index in [1.54, 1.807) is 0 Å². The van der Waals surface area contributed by atoms with E-state index in [0.717, 1.165) is 12.1 Å². The Bertz CT molecular complexity index is 804. The number of nitrogens with one attached hydrogen (secondary N) is 3. The van der Waals surface area contributed by atoms with Crippen molar-refractivity contribution in [3.05, 3.63) is 23.8 Å². The third-order valence-electron chi connectivity index (χ3n) is 3.92. The van der Waals surface area contributed by atoms with Gasteiger partial charge in [0.15, 0.2) is 5.69 Å². The molecular formula is C17H22FN5O8. The largest absolute Gasteiger partial charge is 0.481 e. The highest BCUT2D eigenvalue weighted by molar-refractivity contribution is 5.92. The van der Waals surface area contributed by atoms with Crippen LogP contribution in [0.2, 0.25) is 0 Å². The normalized spacial score (nSPS) is 12.3. The lowest BCUT2D eigenvalue weighted by Gasteiger charge is -2.18. The summed E-state index contributed by atoms with van der Waals surface area (Å²) in [6, 6.07) is -1.75. The van der Waals surface area contributed by atoms with Crippen LogP contribution in [0.15, 0.2) is 12.1 Å². The fourth-order valence-electron chi connectivity index (χ4n) is 2.34. The van der Waals surface area contributed by atoms with Crippen molar-refractivity contribution < 1.29 is 43.7 Å². The number of carbonyl (C=O) groups is 5. The minimum absolute atomic E-state index is 0.0121. The lowest BCUT2D eigenvalue weighted by Crippen LogP contribution is -2.51. The molecule has 1 aromatic heterocycles. The van der Waals surface area contributed by atoms with E-state index in [2.05, 4.69) is 20.8 Å². The molecule has 0 saturated carbocycles. The Morgan fingerprint density at radius 1 is 0.903 bits per heavy atom. The molecule has 3 amide bonds. The highest BCUT2D eigenvalue weighted by Gasteiger charge is 2.24. The van der Waals surface area contributed by atoms with Crippen molar-refractivity contribution in [2.24, 2.45) is 0 Å². The number of halogens is 1. The second kappa shape index (κ2) is 12.7. The van der Waals surface area contributed by atoms with Crippen LogP contribution in [-0.2, 0) is 14.4 Å². The molecule has 31 heavy (non-hydrogen) atoms. The molecule has 6 N–H and O–H groups in total. The number of hydrogen-bond donors (Lipinski definition) is 6. The molecule has 13 nitrogen and oxygen atoms in total. The number of carboxylic acids is 3. The molecule has 170 valence electrons. The molecule has 0 aromatic carbocycles. The molecule has 0 spiro atoms. The van der Waals surface area contributed by atoms with Crippen LogP contribution in [0.5, 0.6) is 0 Å². The summed E-state index contributed by atoms with van der Waals surface area (Å²) in [7, 11) is 0. The molecule has 1 aromatic rings. The van der Waals surface area contributed by atoms with Gasteiger partial charge in [-0.1, -0.05) is 0 Å². The van der Waals surface area contributed by atoms with Crippen LogP contribution in [0.1, 0.15) is 42.6 Å². The van der Waals surface area contributed by atoms with E-state index in [9.17, 15) is 33.5 Å². The lowest BCUT2D eigenvalue weighted by molar-refractivity contribution is -0.140. The molecule has 0 aliphatic rings. The van der Waals surface area contributed by atoms with Crippen LogP contribution < -0.4 is 16.0 Å². The summed E-state index contributed by atoms with van der Waals surface area (Å²) >= 11 is 0. The van der Waals surface area contributed by atoms with E-state index >= 15 is 0 Å². The number of amides is 3. The van der Waals surface area contributed by atoms with Crippen LogP contribution >= 0.6 is 0 Å². The number of aromatic nitrogens is 2. The standard InChI is InChI=1S/C17H22FN5O8/c18-12-6-4-9(22-23-12)14(26)19-8-2-1-3-10(15(27)28)20-17(31)21-11(16(29)30)5-7-13(24)25/h4,6,10-11H,1-3,5,7-8H2,(H,19,26)(H,24,25)(H,27,28)(H,29,30)(H2,20,21,31)/t10-,11-/m0/s1. The Morgan fingerprint density at radius 3 is 2.03 bits per heavy atom.